The smallest absolute Gasteiger partial charge is 0.220 e. The molecule has 152 valence electrons. The van der Waals surface area contributed by atoms with Crippen molar-refractivity contribution < 1.29 is 0 Å². The molecule has 0 aromatic carbocycles. The van der Waals surface area contributed by atoms with Crippen LogP contribution in [0.15, 0.2) is 0 Å². The van der Waals surface area contributed by atoms with Crippen molar-refractivity contribution in [2.75, 3.05) is 0 Å². The van der Waals surface area contributed by atoms with Crippen LogP contribution in [0.1, 0.15) is 102 Å². The Bertz CT molecular complexity index is 689. The highest BCUT2D eigenvalue weighted by molar-refractivity contribution is 7.71. The van der Waals surface area contributed by atoms with Gasteiger partial charge in [0.1, 0.15) is 10.8 Å². The number of aromatic amines is 1. The highest BCUT2D eigenvalue weighted by atomic mass is 32.1. The van der Waals surface area contributed by atoms with Crippen molar-refractivity contribution in [1.82, 2.24) is 25.0 Å². The van der Waals surface area contributed by atoms with Gasteiger partial charge in [-0.2, -0.15) is 5.10 Å². The molecule has 0 aliphatic rings. The van der Waals surface area contributed by atoms with Crippen LogP contribution in [0.25, 0.3) is 5.13 Å². The van der Waals surface area contributed by atoms with E-state index in [1.807, 2.05) is 4.57 Å². The maximum Gasteiger partial charge on any atom is 0.220 e. The zero-order chi connectivity index (χ0) is 19.3. The molecule has 0 saturated heterocycles. The highest BCUT2D eigenvalue weighted by Gasteiger charge is 2.13. The van der Waals surface area contributed by atoms with Gasteiger partial charge in [-0.1, -0.05) is 89.4 Å². The zero-order valence-corrected chi connectivity index (χ0v) is 18.6. The first-order valence-corrected chi connectivity index (χ1v) is 12.0. The average Bonchev–Trinajstić information content (AvgIpc) is 3.27. The number of rotatable bonds is 15. The maximum atomic E-state index is 5.43. The Morgan fingerprint density at radius 3 is 2.07 bits per heavy atom. The van der Waals surface area contributed by atoms with E-state index in [9.17, 15) is 0 Å². The molecule has 1 N–H and O–H groups in total. The first-order chi connectivity index (χ1) is 13.3. The van der Waals surface area contributed by atoms with Gasteiger partial charge in [0.2, 0.25) is 9.90 Å². The van der Waals surface area contributed by atoms with Gasteiger partial charge < -0.3 is 0 Å². The molecule has 2 heterocycles. The summed E-state index contributed by atoms with van der Waals surface area (Å²) in [6.07, 6.45) is 17.4. The van der Waals surface area contributed by atoms with Crippen LogP contribution in [0, 0.1) is 4.77 Å². The number of hydrogen-bond acceptors (Lipinski definition) is 5. The van der Waals surface area contributed by atoms with Gasteiger partial charge in [-0.3, -0.25) is 5.10 Å². The van der Waals surface area contributed by atoms with E-state index in [0.29, 0.717) is 4.77 Å². The van der Waals surface area contributed by atoms with E-state index >= 15 is 0 Å². The Morgan fingerprint density at radius 1 is 0.815 bits per heavy atom. The van der Waals surface area contributed by atoms with E-state index < -0.39 is 0 Å². The Labute approximate surface area is 173 Å². The summed E-state index contributed by atoms with van der Waals surface area (Å²) in [4.78, 5) is 0. The predicted octanol–water partition coefficient (Wildman–Crippen LogP) is 6.59. The van der Waals surface area contributed by atoms with Crippen LogP contribution < -0.4 is 0 Å². The lowest BCUT2D eigenvalue weighted by molar-refractivity contribution is 0.582. The van der Waals surface area contributed by atoms with Crippen molar-refractivity contribution in [1.29, 1.82) is 0 Å². The van der Waals surface area contributed by atoms with Crippen LogP contribution in [-0.4, -0.2) is 25.0 Å². The van der Waals surface area contributed by atoms with Crippen molar-refractivity contribution in [2.45, 2.75) is 104 Å². The summed E-state index contributed by atoms with van der Waals surface area (Å²) in [5, 5.41) is 18.1. The Balaban J connectivity index is 1.82. The molecular formula is C20H35N5S2. The molecule has 0 aliphatic carbocycles. The van der Waals surface area contributed by atoms with Gasteiger partial charge in [0.05, 0.1) is 0 Å². The second-order valence-corrected chi connectivity index (χ2v) is 8.72. The third kappa shape index (κ3) is 7.82. The molecule has 5 nitrogen and oxygen atoms in total. The fraction of sp³-hybridized carbons (Fsp3) is 0.800. The molecule has 0 atom stereocenters. The Kier molecular flexibility index (Phi) is 10.8. The van der Waals surface area contributed by atoms with Gasteiger partial charge in [-0.25, -0.2) is 4.57 Å². The van der Waals surface area contributed by atoms with Gasteiger partial charge >= 0.3 is 0 Å². The average molecular weight is 410 g/mol. The first kappa shape index (κ1) is 22.2. The largest absolute Gasteiger partial charge is 0.251 e. The van der Waals surface area contributed by atoms with E-state index in [2.05, 4.69) is 34.2 Å². The summed E-state index contributed by atoms with van der Waals surface area (Å²) in [6, 6.07) is 0. The monoisotopic (exact) mass is 409 g/mol. The van der Waals surface area contributed by atoms with Crippen LogP contribution in [-0.2, 0) is 12.8 Å². The van der Waals surface area contributed by atoms with Gasteiger partial charge in [0.25, 0.3) is 0 Å². The van der Waals surface area contributed by atoms with Crippen molar-refractivity contribution in [3.05, 3.63) is 15.6 Å². The highest BCUT2D eigenvalue weighted by Crippen LogP contribution is 2.20. The minimum Gasteiger partial charge on any atom is -0.251 e. The zero-order valence-electron chi connectivity index (χ0n) is 17.0. The topological polar surface area (TPSA) is 59.4 Å². The van der Waals surface area contributed by atoms with Crippen LogP contribution in [0.5, 0.6) is 0 Å². The van der Waals surface area contributed by atoms with Gasteiger partial charge in [-0.05, 0) is 25.1 Å². The molecule has 2 aromatic rings. The summed E-state index contributed by atoms with van der Waals surface area (Å²) < 4.78 is 2.60. The molecule has 2 aromatic heterocycles. The van der Waals surface area contributed by atoms with Crippen LogP contribution in [0.4, 0.5) is 0 Å². The van der Waals surface area contributed by atoms with Crippen molar-refractivity contribution in [3.63, 3.8) is 0 Å². The lowest BCUT2D eigenvalue weighted by Gasteiger charge is -2.03. The third-order valence-electron chi connectivity index (χ3n) is 4.89. The van der Waals surface area contributed by atoms with Crippen LogP contribution >= 0.6 is 23.6 Å². The summed E-state index contributed by atoms with van der Waals surface area (Å²) >= 11 is 7.08. The summed E-state index contributed by atoms with van der Waals surface area (Å²) in [5.74, 6) is 0.985. The number of nitrogens with zero attached hydrogens (tertiary/aromatic N) is 4. The fourth-order valence-corrected chi connectivity index (χ4v) is 4.45. The minimum absolute atomic E-state index is 0.624. The Morgan fingerprint density at radius 2 is 1.41 bits per heavy atom. The minimum atomic E-state index is 0.624. The molecule has 0 bridgehead atoms. The van der Waals surface area contributed by atoms with E-state index in [-0.39, 0.29) is 0 Å². The molecule has 0 spiro atoms. The molecular weight excluding hydrogens is 374 g/mol. The van der Waals surface area contributed by atoms with E-state index in [0.717, 1.165) is 35.2 Å². The van der Waals surface area contributed by atoms with Crippen LogP contribution in [0.3, 0.4) is 0 Å². The fourth-order valence-electron chi connectivity index (χ4n) is 3.25. The van der Waals surface area contributed by atoms with Gasteiger partial charge in [0, 0.05) is 12.8 Å². The number of H-pyrrole nitrogens is 1. The van der Waals surface area contributed by atoms with Crippen molar-refractivity contribution >= 4 is 23.6 Å². The molecule has 2 rings (SSSR count). The van der Waals surface area contributed by atoms with Gasteiger partial charge in [-0.15, -0.1) is 10.2 Å². The van der Waals surface area contributed by atoms with Gasteiger partial charge in [0.15, 0.2) is 0 Å². The second-order valence-electron chi connectivity index (χ2n) is 7.29. The number of nitrogens with one attached hydrogen (secondary N) is 1. The Hall–Kier alpha value is -1.08. The lowest BCUT2D eigenvalue weighted by Crippen LogP contribution is -2.01. The number of unbranched alkanes of at least 4 members (excludes halogenated alkanes) is 10. The summed E-state index contributed by atoms with van der Waals surface area (Å²) in [7, 11) is 0. The number of aromatic nitrogens is 5. The lowest BCUT2D eigenvalue weighted by atomic mass is 10.1. The number of aryl methyl sites for hydroxylation is 2. The van der Waals surface area contributed by atoms with Crippen LogP contribution in [0.2, 0.25) is 0 Å². The summed E-state index contributed by atoms with van der Waals surface area (Å²) in [5.41, 5.74) is 0. The molecule has 0 saturated carbocycles. The van der Waals surface area contributed by atoms with E-state index in [1.54, 1.807) is 11.3 Å². The standard InChI is InChI=1S/C20H35N5S2/c1-3-5-7-9-10-12-13-15-17-21-23-19(26)25(17)20-24-22-18(27-20)16-14-11-8-6-4-2/h3-16H2,1-2H3,(H,23,26). The van der Waals surface area contributed by atoms with E-state index in [4.69, 9.17) is 12.2 Å². The van der Waals surface area contributed by atoms with Crippen molar-refractivity contribution in [2.24, 2.45) is 0 Å². The molecule has 0 unspecified atom stereocenters. The first-order valence-electron chi connectivity index (χ1n) is 10.7. The number of hydrogen-bond donors (Lipinski definition) is 1. The van der Waals surface area contributed by atoms with E-state index in [1.165, 1.54) is 70.6 Å². The van der Waals surface area contributed by atoms with Crippen molar-refractivity contribution in [3.8, 4) is 5.13 Å². The predicted molar refractivity (Wildman–Crippen MR) is 116 cm³/mol. The second kappa shape index (κ2) is 13.2. The molecule has 0 aliphatic heterocycles. The quantitative estimate of drug-likeness (QED) is 0.266. The SMILES string of the molecule is CCCCCCCCCc1n[nH]c(=S)n1-c1nnc(CCCCCCC)s1. The molecule has 0 fully saturated rings. The molecule has 27 heavy (non-hydrogen) atoms. The molecule has 0 amide bonds. The molecule has 0 radical (unpaired) electrons. The summed E-state index contributed by atoms with van der Waals surface area (Å²) in [6.45, 7) is 4.50. The third-order valence-corrected chi connectivity index (χ3v) is 6.13. The normalized spacial score (nSPS) is 11.3. The maximum absolute atomic E-state index is 5.43. The molecule has 7 heteroatoms.